The summed E-state index contributed by atoms with van der Waals surface area (Å²) in [6, 6.07) is 2.58. The minimum atomic E-state index is -2.56. The molecule has 0 aromatic heterocycles. The molecule has 4 atom stereocenters. The zero-order valence-corrected chi connectivity index (χ0v) is 20.4. The van der Waals surface area contributed by atoms with Crippen molar-refractivity contribution in [2.24, 2.45) is 21.5 Å². The fraction of sp³-hybridized carbons (Fsp3) is 0.565. The first-order valence-corrected chi connectivity index (χ1v) is 11.8. The van der Waals surface area contributed by atoms with Gasteiger partial charge >= 0.3 is 0 Å². The first kappa shape index (κ1) is 24.1. The Morgan fingerprint density at radius 2 is 2.11 bits per heavy atom. The number of rotatable bonds is 5. The Bertz CT molecular complexity index is 1170. The van der Waals surface area contributed by atoms with Gasteiger partial charge in [0, 0.05) is 25.7 Å². The van der Waals surface area contributed by atoms with E-state index in [4.69, 9.17) is 16.2 Å². The number of likely N-dealkylation sites (N-methyl/N-ethyl adjacent to an activating group) is 1. The molecule has 1 spiro atoms. The number of nitrogens with two attached hydrogens (primary N) is 2. The summed E-state index contributed by atoms with van der Waals surface area (Å²) < 4.78 is 5.87. The summed E-state index contributed by atoms with van der Waals surface area (Å²) in [5.41, 5.74) is 11.6. The number of fused-ring (bicyclic) bond motifs is 1. The van der Waals surface area contributed by atoms with Crippen LogP contribution in [0.25, 0.3) is 0 Å². The van der Waals surface area contributed by atoms with Crippen LogP contribution in [0.15, 0.2) is 28.2 Å². The smallest absolute Gasteiger partial charge is 0.255 e. The molecule has 4 aliphatic heterocycles. The summed E-state index contributed by atoms with van der Waals surface area (Å²) in [5.74, 6) is -2.61. The molecule has 4 aliphatic rings. The molecule has 0 saturated carbocycles. The molecule has 2 amide bonds. The highest BCUT2D eigenvalue weighted by molar-refractivity contribution is 5.98. The van der Waals surface area contributed by atoms with Gasteiger partial charge in [0.05, 0.1) is 18.2 Å². The van der Waals surface area contributed by atoms with Crippen molar-refractivity contribution in [2.75, 3.05) is 26.7 Å². The molecule has 1 aromatic carbocycles. The van der Waals surface area contributed by atoms with E-state index in [1.54, 1.807) is 19.2 Å². The first-order chi connectivity index (χ1) is 16.9. The van der Waals surface area contributed by atoms with Gasteiger partial charge in [0.1, 0.15) is 17.8 Å². The van der Waals surface area contributed by atoms with Crippen LogP contribution in [0.1, 0.15) is 36.2 Å². The zero-order chi connectivity index (χ0) is 26.0. The number of nitrogens with one attached hydrogen (secondary N) is 2. The van der Waals surface area contributed by atoms with Crippen molar-refractivity contribution < 1.29 is 24.5 Å². The number of benzene rings is 1. The predicted octanol–water partition coefficient (Wildman–Crippen LogP) is -2.39. The Hall–Kier alpha value is -3.58. The molecule has 0 bridgehead atoms. The number of guanidine groups is 2. The average molecular weight is 501 g/mol. The van der Waals surface area contributed by atoms with Gasteiger partial charge in [-0.15, -0.1) is 0 Å². The maximum atomic E-state index is 13.4. The third-order valence-electron chi connectivity index (χ3n) is 7.72. The largest absolute Gasteiger partial charge is 0.492 e. The minimum Gasteiger partial charge on any atom is -0.492 e. The molecule has 0 radical (unpaired) electrons. The maximum absolute atomic E-state index is 13.4. The van der Waals surface area contributed by atoms with Gasteiger partial charge in [-0.3, -0.25) is 9.59 Å². The fourth-order valence-corrected chi connectivity index (χ4v) is 5.76. The van der Waals surface area contributed by atoms with Crippen LogP contribution in [-0.2, 0) is 10.2 Å². The molecular weight excluding hydrogens is 468 g/mol. The Kier molecular flexibility index (Phi) is 5.34. The van der Waals surface area contributed by atoms with E-state index in [0.717, 1.165) is 12.0 Å². The van der Waals surface area contributed by atoms with Gasteiger partial charge in [-0.05, 0) is 17.9 Å². The zero-order valence-electron chi connectivity index (χ0n) is 20.4. The van der Waals surface area contributed by atoms with Crippen molar-refractivity contribution in [1.29, 1.82) is 0 Å². The lowest BCUT2D eigenvalue weighted by Crippen LogP contribution is -2.78. The van der Waals surface area contributed by atoms with E-state index in [9.17, 15) is 19.8 Å². The molecule has 8 N–H and O–H groups in total. The predicted molar refractivity (Wildman–Crippen MR) is 130 cm³/mol. The quantitative estimate of drug-likeness (QED) is 0.189. The molecule has 1 aromatic rings. The van der Waals surface area contributed by atoms with Gasteiger partial charge in [-0.1, -0.05) is 26.0 Å². The molecule has 3 unspecified atom stereocenters. The molecule has 194 valence electrons. The normalized spacial score (nSPS) is 31.0. The molecule has 36 heavy (non-hydrogen) atoms. The molecule has 13 nitrogen and oxygen atoms in total. The van der Waals surface area contributed by atoms with E-state index in [-0.39, 0.29) is 30.4 Å². The van der Waals surface area contributed by atoms with Gasteiger partial charge < -0.3 is 46.9 Å². The highest BCUT2D eigenvalue weighted by atomic mass is 16.5. The van der Waals surface area contributed by atoms with Crippen molar-refractivity contribution in [1.82, 2.24) is 20.4 Å². The second-order valence-corrected chi connectivity index (χ2v) is 10.5. The van der Waals surface area contributed by atoms with Crippen molar-refractivity contribution in [3.8, 4) is 5.75 Å². The summed E-state index contributed by atoms with van der Waals surface area (Å²) in [6.07, 6.45) is 1.45. The second-order valence-electron chi connectivity index (χ2n) is 10.5. The number of hydrogen-bond acceptors (Lipinski definition) is 11. The van der Waals surface area contributed by atoms with Crippen LogP contribution in [0.5, 0.6) is 5.75 Å². The van der Waals surface area contributed by atoms with Crippen molar-refractivity contribution in [2.45, 2.75) is 55.3 Å². The van der Waals surface area contributed by atoms with Crippen molar-refractivity contribution >= 4 is 24.2 Å². The van der Waals surface area contributed by atoms with Crippen LogP contribution in [0.3, 0.4) is 0 Å². The molecular formula is C23H32N8O5. The lowest BCUT2D eigenvalue weighted by molar-refractivity contribution is -0.230. The van der Waals surface area contributed by atoms with Crippen molar-refractivity contribution in [3.63, 3.8) is 0 Å². The van der Waals surface area contributed by atoms with Crippen LogP contribution < -0.4 is 26.8 Å². The monoisotopic (exact) mass is 500 g/mol. The van der Waals surface area contributed by atoms with E-state index < -0.39 is 35.5 Å². The number of nitrogens with zero attached hydrogens (tertiary/aromatic N) is 4. The number of hydrogen-bond donors (Lipinski definition) is 6. The second kappa shape index (κ2) is 7.96. The number of para-hydroxylation sites is 1. The summed E-state index contributed by atoms with van der Waals surface area (Å²) >= 11 is 0. The third-order valence-corrected chi connectivity index (χ3v) is 7.72. The summed E-state index contributed by atoms with van der Waals surface area (Å²) in [4.78, 5) is 36.3. The number of carbonyl (C=O) groups is 2. The molecule has 5 rings (SSSR count). The third kappa shape index (κ3) is 3.29. The van der Waals surface area contributed by atoms with Crippen LogP contribution >= 0.6 is 0 Å². The number of aliphatic hydroxyl groups is 2. The average Bonchev–Trinajstić information content (AvgIpc) is 3.28. The highest BCUT2D eigenvalue weighted by Crippen LogP contribution is 2.45. The van der Waals surface area contributed by atoms with Crippen LogP contribution in [0, 0.1) is 0 Å². The molecule has 4 heterocycles. The van der Waals surface area contributed by atoms with Gasteiger partial charge in [-0.2, -0.15) is 0 Å². The summed E-state index contributed by atoms with van der Waals surface area (Å²) in [5, 5.41) is 28.8. The maximum Gasteiger partial charge on any atom is 0.255 e. The van der Waals surface area contributed by atoms with E-state index in [1.807, 2.05) is 6.07 Å². The number of ether oxygens (including phenoxy) is 1. The van der Waals surface area contributed by atoms with Gasteiger partial charge in [0.15, 0.2) is 17.6 Å². The van der Waals surface area contributed by atoms with Gasteiger partial charge in [0.25, 0.3) is 5.91 Å². The van der Waals surface area contributed by atoms with Gasteiger partial charge in [-0.25, -0.2) is 9.98 Å². The Labute approximate surface area is 208 Å². The molecule has 0 aliphatic carbocycles. The lowest BCUT2D eigenvalue weighted by atomic mass is 9.79. The van der Waals surface area contributed by atoms with E-state index in [0.29, 0.717) is 24.3 Å². The fourth-order valence-electron chi connectivity index (χ4n) is 5.76. The molecule has 1 fully saturated rings. The van der Waals surface area contributed by atoms with Crippen LogP contribution in [0.4, 0.5) is 0 Å². The summed E-state index contributed by atoms with van der Waals surface area (Å²) in [6.45, 7) is 4.71. The minimum absolute atomic E-state index is 0.0133. The van der Waals surface area contributed by atoms with Crippen LogP contribution in [0.2, 0.25) is 0 Å². The Balaban J connectivity index is 1.47. The lowest BCUT2D eigenvalue weighted by Gasteiger charge is -2.49. The topological polar surface area (TPSA) is 191 Å². The standard InChI is InChI=1S/C23H32N8O5/c1-21(2)7-8-36-16-12(5-4-6-13(16)21)18(33)27-15-10-31-20(25)26-14(9-30(3)11-32)17-22(31,23(15,34)35)29-19(24)28-17/h4-6,11,14-15,17,34-35H,7-10H2,1-3H3,(H2,25,26)(H,27,33)(H3,24,28,29)/t14-,15?,17?,22?/m0/s1. The molecule has 1 saturated heterocycles. The Morgan fingerprint density at radius 1 is 1.36 bits per heavy atom. The SMILES string of the molecule is CN(C=O)C[C@@H]1N=C(N)N2CC(NC(=O)c3cccc4c3OCCC4(C)C)C(O)(O)C23NC(N)=NC13. The summed E-state index contributed by atoms with van der Waals surface area (Å²) in [7, 11) is 1.57. The van der Waals surface area contributed by atoms with E-state index in [1.165, 1.54) is 9.80 Å². The Morgan fingerprint density at radius 3 is 2.83 bits per heavy atom. The van der Waals surface area contributed by atoms with E-state index >= 15 is 0 Å². The van der Waals surface area contributed by atoms with Gasteiger partial charge in [0.2, 0.25) is 12.2 Å². The van der Waals surface area contributed by atoms with Crippen LogP contribution in [-0.4, -0.2) is 101 Å². The highest BCUT2D eigenvalue weighted by Gasteiger charge is 2.73. The van der Waals surface area contributed by atoms with E-state index in [2.05, 4.69) is 34.5 Å². The molecule has 13 heteroatoms. The number of amides is 2. The first-order valence-electron chi connectivity index (χ1n) is 11.8. The number of carbonyl (C=O) groups excluding carboxylic acids is 2. The number of aliphatic imine (C=N–C) groups is 2. The van der Waals surface area contributed by atoms with Crippen molar-refractivity contribution in [3.05, 3.63) is 29.3 Å².